The van der Waals surface area contributed by atoms with Crippen LogP contribution in [-0.2, 0) is 11.2 Å². The predicted molar refractivity (Wildman–Crippen MR) is 83.7 cm³/mol. The van der Waals surface area contributed by atoms with Crippen molar-refractivity contribution in [3.63, 3.8) is 0 Å². The molecule has 1 atom stereocenters. The van der Waals surface area contributed by atoms with Gasteiger partial charge in [-0.25, -0.2) is 0 Å². The van der Waals surface area contributed by atoms with Gasteiger partial charge < -0.3 is 20.5 Å². The summed E-state index contributed by atoms with van der Waals surface area (Å²) in [5.74, 6) is 1.36. The number of methoxy groups -OCH3 is 2. The molecule has 21 heavy (non-hydrogen) atoms. The first-order chi connectivity index (χ1) is 10.2. The largest absolute Gasteiger partial charge is 0.493 e. The minimum absolute atomic E-state index is 0.0415. The molecule has 0 aliphatic heterocycles. The number of carbonyl (C=O) groups excluding carboxylic acids is 1. The average Bonchev–Trinajstić information content (AvgIpc) is 2.52. The van der Waals surface area contributed by atoms with Gasteiger partial charge in [-0.05, 0) is 30.5 Å². The molecule has 1 aromatic carbocycles. The summed E-state index contributed by atoms with van der Waals surface area (Å²) >= 11 is 0. The molecule has 1 aromatic rings. The first-order valence-electron chi connectivity index (χ1n) is 7.34. The number of ether oxygens (including phenoxy) is 2. The Morgan fingerprint density at radius 3 is 2.57 bits per heavy atom. The number of hydrogen-bond donors (Lipinski definition) is 2. The normalized spacial score (nSPS) is 11.8. The van der Waals surface area contributed by atoms with Gasteiger partial charge in [0.2, 0.25) is 5.91 Å². The molecule has 1 rings (SSSR count). The van der Waals surface area contributed by atoms with Gasteiger partial charge in [-0.15, -0.1) is 0 Å². The van der Waals surface area contributed by atoms with Crippen LogP contribution in [0.4, 0.5) is 0 Å². The van der Waals surface area contributed by atoms with Crippen molar-refractivity contribution in [1.29, 1.82) is 0 Å². The topological polar surface area (TPSA) is 73.6 Å². The lowest BCUT2D eigenvalue weighted by atomic mass is 10.0. The van der Waals surface area contributed by atoms with Crippen LogP contribution in [0.15, 0.2) is 18.2 Å². The molecule has 0 heterocycles. The third-order valence-corrected chi connectivity index (χ3v) is 3.45. The first kappa shape index (κ1) is 17.3. The second kappa shape index (κ2) is 9.23. The van der Waals surface area contributed by atoms with E-state index in [-0.39, 0.29) is 11.8 Å². The number of hydrogen-bond acceptors (Lipinski definition) is 4. The Balaban J connectivity index is 2.50. The van der Waals surface area contributed by atoms with Gasteiger partial charge in [-0.1, -0.05) is 19.4 Å². The zero-order valence-corrected chi connectivity index (χ0v) is 13.1. The molecule has 0 spiro atoms. The van der Waals surface area contributed by atoms with Crippen LogP contribution in [0.25, 0.3) is 0 Å². The van der Waals surface area contributed by atoms with Crippen molar-refractivity contribution in [3.05, 3.63) is 23.8 Å². The zero-order valence-electron chi connectivity index (χ0n) is 13.1. The van der Waals surface area contributed by atoms with Gasteiger partial charge in [0.25, 0.3) is 0 Å². The van der Waals surface area contributed by atoms with Crippen LogP contribution in [0.3, 0.4) is 0 Å². The molecule has 5 heteroatoms. The third kappa shape index (κ3) is 5.27. The number of rotatable bonds is 9. The van der Waals surface area contributed by atoms with E-state index in [0.717, 1.165) is 24.8 Å². The first-order valence-corrected chi connectivity index (χ1v) is 7.34. The zero-order chi connectivity index (χ0) is 15.7. The summed E-state index contributed by atoms with van der Waals surface area (Å²) < 4.78 is 10.5. The number of nitrogens with two attached hydrogens (primary N) is 1. The summed E-state index contributed by atoms with van der Waals surface area (Å²) in [6, 6.07) is 5.77. The van der Waals surface area contributed by atoms with Gasteiger partial charge in [0.05, 0.1) is 20.1 Å². The van der Waals surface area contributed by atoms with E-state index in [0.29, 0.717) is 24.6 Å². The van der Waals surface area contributed by atoms with Crippen LogP contribution >= 0.6 is 0 Å². The van der Waals surface area contributed by atoms with E-state index in [1.54, 1.807) is 14.2 Å². The maximum atomic E-state index is 11.9. The number of nitrogens with one attached hydrogen (secondary N) is 1. The van der Waals surface area contributed by atoms with Crippen molar-refractivity contribution in [2.24, 2.45) is 11.7 Å². The molecular weight excluding hydrogens is 268 g/mol. The number of benzene rings is 1. The fourth-order valence-electron chi connectivity index (χ4n) is 2.21. The Kier molecular flexibility index (Phi) is 7.61. The molecule has 1 unspecified atom stereocenters. The monoisotopic (exact) mass is 294 g/mol. The van der Waals surface area contributed by atoms with Crippen molar-refractivity contribution < 1.29 is 14.3 Å². The molecule has 0 bridgehead atoms. The Hall–Kier alpha value is -1.75. The molecular formula is C16H26N2O3. The summed E-state index contributed by atoms with van der Waals surface area (Å²) in [6.07, 6.45) is 2.54. The van der Waals surface area contributed by atoms with Crippen molar-refractivity contribution in [2.45, 2.75) is 26.2 Å². The van der Waals surface area contributed by atoms with E-state index >= 15 is 0 Å². The third-order valence-electron chi connectivity index (χ3n) is 3.45. The second-order valence-corrected chi connectivity index (χ2v) is 4.95. The fraction of sp³-hybridized carbons (Fsp3) is 0.562. The van der Waals surface area contributed by atoms with E-state index in [9.17, 15) is 4.79 Å². The van der Waals surface area contributed by atoms with Crippen molar-refractivity contribution in [2.75, 3.05) is 27.3 Å². The van der Waals surface area contributed by atoms with Gasteiger partial charge in [-0.2, -0.15) is 0 Å². The van der Waals surface area contributed by atoms with E-state index < -0.39 is 0 Å². The number of carbonyl (C=O) groups is 1. The quantitative estimate of drug-likeness (QED) is 0.727. The van der Waals surface area contributed by atoms with Crippen LogP contribution in [0.2, 0.25) is 0 Å². The Morgan fingerprint density at radius 2 is 2.00 bits per heavy atom. The van der Waals surface area contributed by atoms with Crippen LogP contribution in [0.5, 0.6) is 11.5 Å². The molecule has 0 aliphatic rings. The highest BCUT2D eigenvalue weighted by molar-refractivity contribution is 5.78. The van der Waals surface area contributed by atoms with Crippen molar-refractivity contribution in [3.8, 4) is 11.5 Å². The molecule has 0 aliphatic carbocycles. The Bertz CT molecular complexity index is 449. The predicted octanol–water partition coefficient (Wildman–Crippen LogP) is 1.74. The van der Waals surface area contributed by atoms with Gasteiger partial charge in [-0.3, -0.25) is 4.79 Å². The highest BCUT2D eigenvalue weighted by Gasteiger charge is 2.14. The molecule has 0 fully saturated rings. The van der Waals surface area contributed by atoms with Crippen LogP contribution in [-0.4, -0.2) is 33.2 Å². The molecule has 5 nitrogen and oxygen atoms in total. The van der Waals surface area contributed by atoms with E-state index in [4.69, 9.17) is 15.2 Å². The fourth-order valence-corrected chi connectivity index (χ4v) is 2.21. The summed E-state index contributed by atoms with van der Waals surface area (Å²) in [4.78, 5) is 11.9. The molecule has 0 aromatic heterocycles. The lowest BCUT2D eigenvalue weighted by molar-refractivity contribution is -0.124. The Morgan fingerprint density at radius 1 is 1.29 bits per heavy atom. The highest BCUT2D eigenvalue weighted by atomic mass is 16.5. The van der Waals surface area contributed by atoms with Gasteiger partial charge in [0, 0.05) is 13.1 Å². The molecule has 0 saturated carbocycles. The van der Waals surface area contributed by atoms with Gasteiger partial charge in [0.1, 0.15) is 0 Å². The van der Waals surface area contributed by atoms with Crippen LogP contribution < -0.4 is 20.5 Å². The summed E-state index contributed by atoms with van der Waals surface area (Å²) in [6.45, 7) is 3.05. The minimum atomic E-state index is -0.0830. The van der Waals surface area contributed by atoms with E-state index in [1.807, 2.05) is 18.2 Å². The van der Waals surface area contributed by atoms with E-state index in [2.05, 4.69) is 12.2 Å². The average molecular weight is 294 g/mol. The maximum absolute atomic E-state index is 11.9. The molecule has 0 radical (unpaired) electrons. The highest BCUT2D eigenvalue weighted by Crippen LogP contribution is 2.27. The van der Waals surface area contributed by atoms with Crippen LogP contribution in [0, 0.1) is 5.92 Å². The Labute approximate surface area is 126 Å². The molecule has 0 saturated heterocycles. The number of amides is 1. The SMILES string of the molecule is CCCC(CN)C(=O)NCCc1ccc(OC)c(OC)c1. The van der Waals surface area contributed by atoms with Gasteiger partial charge >= 0.3 is 0 Å². The van der Waals surface area contributed by atoms with Gasteiger partial charge in [0.15, 0.2) is 11.5 Å². The standard InChI is InChI=1S/C16H26N2O3/c1-4-5-13(11-17)16(19)18-9-8-12-6-7-14(20-2)15(10-12)21-3/h6-7,10,13H,4-5,8-9,11,17H2,1-3H3,(H,18,19). The summed E-state index contributed by atoms with van der Waals surface area (Å²) in [7, 11) is 3.22. The lowest BCUT2D eigenvalue weighted by Gasteiger charge is -2.14. The second-order valence-electron chi connectivity index (χ2n) is 4.95. The van der Waals surface area contributed by atoms with Crippen LogP contribution in [0.1, 0.15) is 25.3 Å². The molecule has 1 amide bonds. The summed E-state index contributed by atoms with van der Waals surface area (Å²) in [5, 5.41) is 2.94. The minimum Gasteiger partial charge on any atom is -0.493 e. The van der Waals surface area contributed by atoms with Crippen molar-refractivity contribution >= 4 is 5.91 Å². The smallest absolute Gasteiger partial charge is 0.224 e. The maximum Gasteiger partial charge on any atom is 0.224 e. The lowest BCUT2D eigenvalue weighted by Crippen LogP contribution is -2.36. The molecule has 3 N–H and O–H groups in total. The summed E-state index contributed by atoms with van der Waals surface area (Å²) in [5.41, 5.74) is 6.71. The van der Waals surface area contributed by atoms with E-state index in [1.165, 1.54) is 0 Å². The molecule has 118 valence electrons. The van der Waals surface area contributed by atoms with Crippen molar-refractivity contribution in [1.82, 2.24) is 5.32 Å².